The van der Waals surface area contributed by atoms with Crippen molar-refractivity contribution in [2.45, 2.75) is 39.7 Å². The summed E-state index contributed by atoms with van der Waals surface area (Å²) in [5.41, 5.74) is 4.78. The summed E-state index contributed by atoms with van der Waals surface area (Å²) in [6.07, 6.45) is 1.77. The van der Waals surface area contributed by atoms with Gasteiger partial charge in [0, 0.05) is 41.9 Å². The van der Waals surface area contributed by atoms with Crippen LogP contribution in [0, 0.1) is 13.8 Å². The van der Waals surface area contributed by atoms with Crippen molar-refractivity contribution in [3.8, 4) is 0 Å². The second-order valence-electron chi connectivity index (χ2n) is 6.51. The molecule has 0 radical (unpaired) electrons. The minimum Gasteiger partial charge on any atom is -0.356 e. The Labute approximate surface area is 169 Å². The maximum atomic E-state index is 6.07. The van der Waals surface area contributed by atoms with E-state index in [1.165, 1.54) is 16.8 Å². The Morgan fingerprint density at radius 3 is 2.73 bits per heavy atom. The van der Waals surface area contributed by atoms with E-state index in [9.17, 15) is 0 Å². The highest BCUT2D eigenvalue weighted by Crippen LogP contribution is 2.21. The predicted molar refractivity (Wildman–Crippen MR) is 113 cm³/mol. The van der Waals surface area contributed by atoms with Crippen LogP contribution in [-0.2, 0) is 19.9 Å². The minimum atomic E-state index is 0.251. The Morgan fingerprint density at radius 2 is 2.12 bits per heavy atom. The van der Waals surface area contributed by atoms with Crippen LogP contribution in [-0.4, -0.2) is 35.4 Å². The molecule has 1 aromatic carbocycles. The zero-order chi connectivity index (χ0) is 19.3. The van der Waals surface area contributed by atoms with Crippen molar-refractivity contribution < 1.29 is 0 Å². The number of nitrogens with one attached hydrogen (secondary N) is 2. The van der Waals surface area contributed by atoms with Crippen LogP contribution in [0.4, 0.5) is 0 Å². The first-order valence-corrected chi connectivity index (χ1v) is 9.89. The van der Waals surface area contributed by atoms with E-state index in [4.69, 9.17) is 11.6 Å². The van der Waals surface area contributed by atoms with E-state index in [0.717, 1.165) is 40.5 Å². The molecular weight excluding hydrogens is 414 g/mol. The Balaban J connectivity index is 1.88. The van der Waals surface area contributed by atoms with Gasteiger partial charge in [-0.25, -0.2) is 0 Å². The van der Waals surface area contributed by atoms with Crippen molar-refractivity contribution in [3.05, 3.63) is 50.2 Å². The molecule has 1 heterocycles. The first-order chi connectivity index (χ1) is 12.3. The van der Waals surface area contributed by atoms with E-state index in [-0.39, 0.29) is 6.04 Å². The number of aryl methyl sites for hydroxylation is 2. The fourth-order valence-electron chi connectivity index (χ4n) is 2.95. The molecule has 0 fully saturated rings. The van der Waals surface area contributed by atoms with E-state index in [1.54, 1.807) is 7.05 Å². The van der Waals surface area contributed by atoms with Crippen molar-refractivity contribution in [1.82, 2.24) is 20.4 Å². The molecule has 2 aromatic rings. The monoisotopic (exact) mass is 439 g/mol. The summed E-state index contributed by atoms with van der Waals surface area (Å²) in [6.45, 7) is 7.10. The maximum Gasteiger partial charge on any atom is 0.191 e. The summed E-state index contributed by atoms with van der Waals surface area (Å²) in [4.78, 5) is 4.33. The van der Waals surface area contributed by atoms with Gasteiger partial charge in [0.15, 0.2) is 5.96 Å². The smallest absolute Gasteiger partial charge is 0.191 e. The fourth-order valence-corrected chi connectivity index (χ4v) is 3.59. The Hall–Kier alpha value is -1.53. The van der Waals surface area contributed by atoms with Crippen molar-refractivity contribution in [1.29, 1.82) is 0 Å². The van der Waals surface area contributed by atoms with Crippen LogP contribution in [0.1, 0.15) is 29.4 Å². The van der Waals surface area contributed by atoms with Crippen LogP contribution in [0.2, 0.25) is 5.02 Å². The molecule has 1 aromatic heterocycles. The number of benzene rings is 1. The summed E-state index contributed by atoms with van der Waals surface area (Å²) >= 11 is 9.64. The molecule has 7 heteroatoms. The van der Waals surface area contributed by atoms with Gasteiger partial charge in [-0.2, -0.15) is 5.10 Å². The Bertz CT molecular complexity index is 784. The number of nitrogens with zero attached hydrogens (tertiary/aromatic N) is 3. The van der Waals surface area contributed by atoms with Gasteiger partial charge >= 0.3 is 0 Å². The normalized spacial score (nSPS) is 13.0. The van der Waals surface area contributed by atoms with Crippen molar-refractivity contribution in [2.24, 2.45) is 12.0 Å². The summed E-state index contributed by atoms with van der Waals surface area (Å²) in [5.74, 6) is 0.801. The highest BCUT2D eigenvalue weighted by atomic mass is 79.9. The summed E-state index contributed by atoms with van der Waals surface area (Å²) in [5, 5.41) is 12.1. The largest absolute Gasteiger partial charge is 0.356 e. The fraction of sp³-hybridized carbons (Fsp3) is 0.474. The zero-order valence-corrected chi connectivity index (χ0v) is 18.4. The third-order valence-electron chi connectivity index (χ3n) is 4.47. The van der Waals surface area contributed by atoms with E-state index in [0.29, 0.717) is 0 Å². The molecule has 0 bridgehead atoms. The molecule has 1 atom stereocenters. The van der Waals surface area contributed by atoms with E-state index in [1.807, 2.05) is 29.9 Å². The Morgan fingerprint density at radius 1 is 1.38 bits per heavy atom. The standard InChI is InChI=1S/C19H27BrClN5/c1-12(10-17-13(2)25-26(5)14(17)3)24-19(22-4)23-9-8-15-11-16(21)6-7-18(15)20/h6-7,11-12H,8-10H2,1-5H3,(H2,22,23,24). The van der Waals surface area contributed by atoms with Gasteiger partial charge < -0.3 is 10.6 Å². The third kappa shape index (κ3) is 5.48. The van der Waals surface area contributed by atoms with Crippen LogP contribution < -0.4 is 10.6 Å². The lowest BCUT2D eigenvalue weighted by Gasteiger charge is -2.18. The SMILES string of the molecule is CN=C(NCCc1cc(Cl)ccc1Br)NC(C)Cc1c(C)nn(C)c1C. The van der Waals surface area contributed by atoms with Crippen molar-refractivity contribution in [3.63, 3.8) is 0 Å². The topological polar surface area (TPSA) is 54.2 Å². The molecule has 0 aliphatic rings. The summed E-state index contributed by atoms with van der Waals surface area (Å²) in [7, 11) is 3.77. The number of guanidine groups is 1. The summed E-state index contributed by atoms with van der Waals surface area (Å²) in [6, 6.07) is 6.10. The quantitative estimate of drug-likeness (QED) is 0.531. The number of rotatable bonds is 6. The average Bonchev–Trinajstić information content (AvgIpc) is 2.83. The van der Waals surface area contributed by atoms with Gasteiger partial charge in [0.05, 0.1) is 5.69 Å². The van der Waals surface area contributed by atoms with Crippen LogP contribution in [0.25, 0.3) is 0 Å². The molecule has 0 spiro atoms. The van der Waals surface area contributed by atoms with Gasteiger partial charge in [-0.3, -0.25) is 9.67 Å². The number of halogens is 2. The highest BCUT2D eigenvalue weighted by Gasteiger charge is 2.14. The number of aromatic nitrogens is 2. The van der Waals surface area contributed by atoms with Gasteiger partial charge in [0.2, 0.25) is 0 Å². The molecule has 26 heavy (non-hydrogen) atoms. The average molecular weight is 441 g/mol. The molecule has 142 valence electrons. The molecule has 1 unspecified atom stereocenters. The van der Waals surface area contributed by atoms with Crippen molar-refractivity contribution in [2.75, 3.05) is 13.6 Å². The van der Waals surface area contributed by atoms with Gasteiger partial charge in [0.1, 0.15) is 0 Å². The first kappa shape index (κ1) is 20.8. The van der Waals surface area contributed by atoms with E-state index in [2.05, 4.69) is 57.4 Å². The second kappa shape index (κ2) is 9.42. The molecule has 0 aliphatic heterocycles. The molecule has 2 rings (SSSR count). The lowest BCUT2D eigenvalue weighted by atomic mass is 10.1. The first-order valence-electron chi connectivity index (χ1n) is 8.72. The molecule has 2 N–H and O–H groups in total. The van der Waals surface area contributed by atoms with Gasteiger partial charge in [0.25, 0.3) is 0 Å². The third-order valence-corrected chi connectivity index (χ3v) is 5.48. The lowest BCUT2D eigenvalue weighted by molar-refractivity contribution is 0.635. The molecule has 0 saturated carbocycles. The minimum absolute atomic E-state index is 0.251. The number of hydrogen-bond donors (Lipinski definition) is 2. The number of hydrogen-bond acceptors (Lipinski definition) is 2. The van der Waals surface area contributed by atoms with Crippen LogP contribution in [0.5, 0.6) is 0 Å². The van der Waals surface area contributed by atoms with Gasteiger partial charge in [-0.05, 0) is 62.9 Å². The molecule has 5 nitrogen and oxygen atoms in total. The van der Waals surface area contributed by atoms with Gasteiger partial charge in [-0.1, -0.05) is 27.5 Å². The number of aliphatic imine (C=N–C) groups is 1. The van der Waals surface area contributed by atoms with E-state index < -0.39 is 0 Å². The highest BCUT2D eigenvalue weighted by molar-refractivity contribution is 9.10. The van der Waals surface area contributed by atoms with Gasteiger partial charge in [-0.15, -0.1) is 0 Å². The lowest BCUT2D eigenvalue weighted by Crippen LogP contribution is -2.43. The van der Waals surface area contributed by atoms with E-state index >= 15 is 0 Å². The van der Waals surface area contributed by atoms with Crippen LogP contribution in [0.3, 0.4) is 0 Å². The summed E-state index contributed by atoms with van der Waals surface area (Å²) < 4.78 is 3.01. The molecule has 0 amide bonds. The predicted octanol–water partition coefficient (Wildman–Crippen LogP) is 3.79. The molecule has 0 saturated heterocycles. The Kier molecular flexibility index (Phi) is 7.53. The zero-order valence-electron chi connectivity index (χ0n) is 16.0. The molecule has 0 aliphatic carbocycles. The van der Waals surface area contributed by atoms with Crippen LogP contribution in [0.15, 0.2) is 27.7 Å². The second-order valence-corrected chi connectivity index (χ2v) is 7.80. The maximum absolute atomic E-state index is 6.07. The van der Waals surface area contributed by atoms with Crippen molar-refractivity contribution >= 4 is 33.5 Å². The molecular formula is C19H27BrClN5. The van der Waals surface area contributed by atoms with Crippen LogP contribution >= 0.6 is 27.5 Å².